The lowest BCUT2D eigenvalue weighted by Gasteiger charge is -2.02. The molecule has 5 heteroatoms. The number of thiazole rings is 1. The van der Waals surface area contributed by atoms with E-state index in [1.54, 1.807) is 6.07 Å². The van der Waals surface area contributed by atoms with Crippen LogP contribution in [0.3, 0.4) is 0 Å². The first-order valence-electron chi connectivity index (χ1n) is 4.30. The van der Waals surface area contributed by atoms with Crippen molar-refractivity contribution in [2.75, 3.05) is 5.73 Å². The zero-order chi connectivity index (χ0) is 10.8. The van der Waals surface area contributed by atoms with Gasteiger partial charge in [-0.15, -0.1) is 0 Å². The Morgan fingerprint density at radius 1 is 1.47 bits per heavy atom. The molecule has 1 heterocycles. The third kappa shape index (κ3) is 2.24. The van der Waals surface area contributed by atoms with Crippen molar-refractivity contribution in [1.29, 1.82) is 0 Å². The fourth-order valence-corrected chi connectivity index (χ4v) is 1.72. The predicted octanol–water partition coefficient (Wildman–Crippen LogP) is 2.97. The molecule has 0 aliphatic heterocycles. The van der Waals surface area contributed by atoms with Crippen molar-refractivity contribution >= 4 is 17.0 Å². The number of nitrogens with zero attached hydrogens (tertiary/aromatic N) is 1. The summed E-state index contributed by atoms with van der Waals surface area (Å²) < 4.78 is 18.4. The molecule has 0 fully saturated rings. The normalized spacial score (nSPS) is 10.3. The summed E-state index contributed by atoms with van der Waals surface area (Å²) >= 11 is 1.37. The van der Waals surface area contributed by atoms with Gasteiger partial charge in [-0.1, -0.05) is 11.3 Å². The highest BCUT2D eigenvalue weighted by Gasteiger charge is 2.04. The molecule has 0 amide bonds. The molecule has 0 aliphatic carbocycles. The molecule has 0 unspecified atom stereocenters. The first-order valence-corrected chi connectivity index (χ1v) is 5.18. The maximum atomic E-state index is 13.1. The molecule has 0 radical (unpaired) electrons. The highest BCUT2D eigenvalue weighted by molar-refractivity contribution is 7.11. The van der Waals surface area contributed by atoms with Gasteiger partial charge in [-0.25, -0.2) is 9.37 Å². The van der Waals surface area contributed by atoms with Gasteiger partial charge in [-0.3, -0.25) is 0 Å². The summed E-state index contributed by atoms with van der Waals surface area (Å²) in [5.74, 6) is -0.0863. The van der Waals surface area contributed by atoms with Gasteiger partial charge in [-0.05, 0) is 19.1 Å². The molecule has 78 valence electrons. The number of hydrogen-bond donors (Lipinski definition) is 1. The molecule has 1 aromatic carbocycles. The van der Waals surface area contributed by atoms with Gasteiger partial charge in [-0.2, -0.15) is 0 Å². The molecule has 0 atom stereocenters. The predicted molar refractivity (Wildman–Crippen MR) is 57.7 cm³/mol. The molecule has 1 aromatic heterocycles. The number of benzene rings is 1. The average Bonchev–Trinajstić information content (AvgIpc) is 2.58. The molecule has 3 nitrogen and oxygen atoms in total. The number of anilines is 1. The Labute approximate surface area is 90.3 Å². The van der Waals surface area contributed by atoms with E-state index in [1.165, 1.54) is 23.5 Å². The SMILES string of the molecule is Cc1csc(Oc2ccc(N)c(F)c2)n1. The highest BCUT2D eigenvalue weighted by Crippen LogP contribution is 2.26. The van der Waals surface area contributed by atoms with Crippen LogP contribution in [0.1, 0.15) is 5.69 Å². The van der Waals surface area contributed by atoms with Gasteiger partial charge in [0.25, 0.3) is 5.19 Å². The van der Waals surface area contributed by atoms with Crippen LogP contribution in [0.15, 0.2) is 23.6 Å². The second-order valence-electron chi connectivity index (χ2n) is 3.04. The van der Waals surface area contributed by atoms with Crippen LogP contribution < -0.4 is 10.5 Å². The van der Waals surface area contributed by atoms with Gasteiger partial charge in [0.1, 0.15) is 11.6 Å². The third-order valence-corrected chi connectivity index (χ3v) is 2.61. The second-order valence-corrected chi connectivity index (χ2v) is 3.86. The van der Waals surface area contributed by atoms with E-state index in [0.717, 1.165) is 5.69 Å². The van der Waals surface area contributed by atoms with Crippen LogP contribution in [-0.2, 0) is 0 Å². The van der Waals surface area contributed by atoms with E-state index in [9.17, 15) is 4.39 Å². The molecule has 2 rings (SSSR count). The van der Waals surface area contributed by atoms with Crippen molar-refractivity contribution in [1.82, 2.24) is 4.98 Å². The number of rotatable bonds is 2. The second kappa shape index (κ2) is 3.86. The number of ether oxygens (including phenoxy) is 1. The van der Waals surface area contributed by atoms with Crippen LogP contribution in [0, 0.1) is 12.7 Å². The van der Waals surface area contributed by atoms with Crippen molar-refractivity contribution in [2.24, 2.45) is 0 Å². The van der Waals surface area contributed by atoms with Crippen LogP contribution in [0.2, 0.25) is 0 Å². The van der Waals surface area contributed by atoms with E-state index in [4.69, 9.17) is 10.5 Å². The Bertz CT molecular complexity index is 484. The van der Waals surface area contributed by atoms with Crippen LogP contribution in [0.4, 0.5) is 10.1 Å². The number of hydrogen-bond acceptors (Lipinski definition) is 4. The van der Waals surface area contributed by atoms with Crippen LogP contribution in [-0.4, -0.2) is 4.98 Å². The van der Waals surface area contributed by atoms with Gasteiger partial charge in [0.15, 0.2) is 0 Å². The monoisotopic (exact) mass is 224 g/mol. The Hall–Kier alpha value is -1.62. The maximum Gasteiger partial charge on any atom is 0.278 e. The molecule has 0 saturated carbocycles. The zero-order valence-electron chi connectivity index (χ0n) is 8.03. The third-order valence-electron chi connectivity index (χ3n) is 1.78. The van der Waals surface area contributed by atoms with Crippen LogP contribution in [0.5, 0.6) is 10.9 Å². The number of nitrogens with two attached hydrogens (primary N) is 1. The maximum absolute atomic E-state index is 13.1. The van der Waals surface area contributed by atoms with E-state index in [2.05, 4.69) is 4.98 Å². The Kier molecular flexibility index (Phi) is 2.55. The summed E-state index contributed by atoms with van der Waals surface area (Å²) in [4.78, 5) is 4.10. The first-order chi connectivity index (χ1) is 7.15. The molecule has 0 aliphatic rings. The van der Waals surface area contributed by atoms with Crippen LogP contribution >= 0.6 is 11.3 Å². The Morgan fingerprint density at radius 2 is 2.27 bits per heavy atom. The quantitative estimate of drug-likeness (QED) is 0.798. The summed E-state index contributed by atoms with van der Waals surface area (Å²) in [6.45, 7) is 1.87. The molecule has 15 heavy (non-hydrogen) atoms. The van der Waals surface area contributed by atoms with E-state index in [-0.39, 0.29) is 5.69 Å². The molecular formula is C10H9FN2OS. The number of aryl methyl sites for hydroxylation is 1. The van der Waals surface area contributed by atoms with Crippen LogP contribution in [0.25, 0.3) is 0 Å². The van der Waals surface area contributed by atoms with Crippen molar-refractivity contribution in [3.8, 4) is 10.9 Å². The lowest BCUT2D eigenvalue weighted by molar-refractivity contribution is 0.473. The van der Waals surface area contributed by atoms with Crippen molar-refractivity contribution < 1.29 is 9.13 Å². The first kappa shape index (κ1) is 9.92. The topological polar surface area (TPSA) is 48.1 Å². The minimum absolute atomic E-state index is 0.109. The van der Waals surface area contributed by atoms with Gasteiger partial charge >= 0.3 is 0 Å². The number of halogens is 1. The van der Waals surface area contributed by atoms with Crippen molar-refractivity contribution in [3.05, 3.63) is 35.1 Å². The Balaban J connectivity index is 2.21. The van der Waals surface area contributed by atoms with Gasteiger partial charge in [0.05, 0.1) is 11.4 Å². The summed E-state index contributed by atoms with van der Waals surface area (Å²) in [7, 11) is 0. The summed E-state index contributed by atoms with van der Waals surface area (Å²) in [5, 5.41) is 2.36. The summed E-state index contributed by atoms with van der Waals surface area (Å²) in [6.07, 6.45) is 0. The van der Waals surface area contributed by atoms with E-state index >= 15 is 0 Å². The minimum atomic E-state index is -0.485. The number of nitrogen functional groups attached to an aromatic ring is 1. The van der Waals surface area contributed by atoms with E-state index < -0.39 is 5.82 Å². The Morgan fingerprint density at radius 3 is 2.87 bits per heavy atom. The van der Waals surface area contributed by atoms with Crippen molar-refractivity contribution in [2.45, 2.75) is 6.92 Å². The van der Waals surface area contributed by atoms with E-state index in [0.29, 0.717) is 10.9 Å². The fourth-order valence-electron chi connectivity index (χ4n) is 1.05. The highest BCUT2D eigenvalue weighted by atomic mass is 32.1. The van der Waals surface area contributed by atoms with Crippen molar-refractivity contribution in [3.63, 3.8) is 0 Å². The summed E-state index contributed by atoms with van der Waals surface area (Å²) in [5.41, 5.74) is 6.33. The largest absolute Gasteiger partial charge is 0.431 e. The molecule has 2 aromatic rings. The lowest BCUT2D eigenvalue weighted by atomic mass is 10.3. The van der Waals surface area contributed by atoms with E-state index in [1.807, 2.05) is 12.3 Å². The molecule has 0 bridgehead atoms. The molecule has 0 spiro atoms. The average molecular weight is 224 g/mol. The summed E-state index contributed by atoms with van der Waals surface area (Å²) in [6, 6.07) is 4.31. The molecule has 2 N–H and O–H groups in total. The smallest absolute Gasteiger partial charge is 0.278 e. The molecule has 0 saturated heterocycles. The fraction of sp³-hybridized carbons (Fsp3) is 0.100. The minimum Gasteiger partial charge on any atom is -0.431 e. The zero-order valence-corrected chi connectivity index (χ0v) is 8.84. The van der Waals surface area contributed by atoms with Gasteiger partial charge < -0.3 is 10.5 Å². The standard InChI is InChI=1S/C10H9FN2OS/c1-6-5-15-10(13-6)14-7-2-3-9(12)8(11)4-7/h2-5H,12H2,1H3. The number of aromatic nitrogens is 1. The van der Waals surface area contributed by atoms with Gasteiger partial charge in [0.2, 0.25) is 0 Å². The van der Waals surface area contributed by atoms with Gasteiger partial charge in [0, 0.05) is 11.4 Å². The lowest BCUT2D eigenvalue weighted by Crippen LogP contribution is -1.91. The molecular weight excluding hydrogens is 215 g/mol.